The highest BCUT2D eigenvalue weighted by molar-refractivity contribution is 6.24. The summed E-state index contributed by atoms with van der Waals surface area (Å²) < 4.78 is 54.6. The number of nitrogens with zero attached hydrogens (tertiary/aromatic N) is 2. The van der Waals surface area contributed by atoms with E-state index in [4.69, 9.17) is 23.7 Å². The van der Waals surface area contributed by atoms with Gasteiger partial charge >= 0.3 is 11.9 Å². The Morgan fingerprint density at radius 3 is 1.62 bits per heavy atom. The van der Waals surface area contributed by atoms with E-state index in [0.717, 1.165) is 31.9 Å². The fraction of sp³-hybridized carbons (Fsp3) is 0.333. The molecule has 0 saturated heterocycles. The van der Waals surface area contributed by atoms with Gasteiger partial charge in [-0.1, -0.05) is 56.0 Å². The van der Waals surface area contributed by atoms with Crippen molar-refractivity contribution in [2.75, 3.05) is 19.8 Å². The number of carbonyl (C=O) groups excluding carboxylic acids is 4. The first-order chi connectivity index (χ1) is 26.1. The van der Waals surface area contributed by atoms with Gasteiger partial charge in [0, 0.05) is 27.1 Å². The lowest BCUT2D eigenvalue weighted by molar-refractivity contribution is -0.142. The molecule has 55 heavy (non-hydrogen) atoms. The van der Waals surface area contributed by atoms with E-state index < -0.39 is 47.4 Å². The number of Topliss-reactive ketones (excluding diaryl/α,β-unsaturated/α-hetero) is 2. The van der Waals surface area contributed by atoms with Crippen LogP contribution in [0.4, 0.5) is 8.78 Å². The molecule has 0 N–H and O–H groups in total. The number of benzene rings is 2. The third kappa shape index (κ3) is 11.0. The van der Waals surface area contributed by atoms with Gasteiger partial charge in [0.25, 0.3) is 0 Å². The predicted octanol–water partition coefficient (Wildman–Crippen LogP) is 7.22. The second-order valence-electron chi connectivity index (χ2n) is 12.3. The van der Waals surface area contributed by atoms with Gasteiger partial charge in [-0.15, -0.1) is 0 Å². The van der Waals surface area contributed by atoms with Gasteiger partial charge < -0.3 is 23.7 Å². The number of fused-ring (bicyclic) bond motifs is 2. The van der Waals surface area contributed by atoms with Crippen molar-refractivity contribution in [1.82, 2.24) is 9.97 Å². The van der Waals surface area contributed by atoms with Crippen LogP contribution in [-0.2, 0) is 49.5 Å². The van der Waals surface area contributed by atoms with Crippen LogP contribution in [0.25, 0.3) is 0 Å². The number of aromatic nitrogens is 2. The predicted molar refractivity (Wildman–Crippen MR) is 200 cm³/mol. The molecule has 0 bridgehead atoms. The number of rotatable bonds is 14. The molecule has 2 heterocycles. The highest BCUT2D eigenvalue weighted by Crippen LogP contribution is 2.28. The van der Waals surface area contributed by atoms with Crippen LogP contribution in [0, 0.1) is 11.9 Å². The summed E-state index contributed by atoms with van der Waals surface area (Å²) in [5.41, 5.74) is 3.81. The Labute approximate surface area is 320 Å². The molecule has 0 amide bonds. The average molecular weight is 762 g/mol. The lowest BCUT2D eigenvalue weighted by Gasteiger charge is -2.14. The molecule has 292 valence electrons. The number of pyridine rings is 2. The van der Waals surface area contributed by atoms with E-state index in [1.807, 2.05) is 36.4 Å². The third-order valence-corrected chi connectivity index (χ3v) is 8.52. The zero-order chi connectivity index (χ0) is 38.6. The maximum atomic E-state index is 14.3. The van der Waals surface area contributed by atoms with E-state index in [-0.39, 0.29) is 57.8 Å². The molecule has 0 radical (unpaired) electrons. The molecule has 4 aromatic rings. The van der Waals surface area contributed by atoms with Crippen LogP contribution in [-0.4, -0.2) is 65.5 Å². The average Bonchev–Trinajstić information content (AvgIpc) is 3.76. The maximum Gasteiger partial charge on any atom is 0.345 e. The van der Waals surface area contributed by atoms with E-state index in [1.54, 1.807) is 20.8 Å². The SMILES string of the molecule is C.CCO/C=C(\C(=O)OCC)C(=O)c1cc(OC2Cc3ccccc3C2)cnc1F.CCOC(=O)CC(=O)c1cc(OC2Cc3ccccc3C2)cnc1F.[2HH]. The van der Waals surface area contributed by atoms with Crippen molar-refractivity contribution in [3.63, 3.8) is 0 Å². The summed E-state index contributed by atoms with van der Waals surface area (Å²) in [5.74, 6) is -4.48. The van der Waals surface area contributed by atoms with E-state index in [9.17, 15) is 28.0 Å². The topological polar surface area (TPSA) is 140 Å². The molecular formula is C42H46F2N2O9. The molecule has 0 atom stereocenters. The lowest BCUT2D eigenvalue weighted by atomic mass is 10.1. The molecule has 2 aromatic carbocycles. The summed E-state index contributed by atoms with van der Waals surface area (Å²) in [5, 5.41) is 0. The Bertz CT molecular complexity index is 1990. The van der Waals surface area contributed by atoms with E-state index in [2.05, 4.69) is 22.1 Å². The number of ketones is 2. The number of carbonyl (C=O) groups is 4. The molecule has 13 heteroatoms. The van der Waals surface area contributed by atoms with Crippen molar-refractivity contribution >= 4 is 23.5 Å². The zero-order valence-corrected chi connectivity index (χ0v) is 30.1. The third-order valence-electron chi connectivity index (χ3n) is 8.52. The minimum absolute atomic E-state index is 0. The number of ether oxygens (including phenoxy) is 5. The standard InChI is InChI=1S/C22H22FNO5.C19H18FNO4.CH4.H2/c1-3-27-13-19(22(26)28-4-2)20(25)18-11-17(12-24-21(18)23)29-16-9-14-7-5-6-8-15(14)10-16;1-2-24-18(23)10-17(22)16-9-15(11-21-19(16)20)25-14-7-12-5-3-4-6-13(12)8-14;;/h5-8,11-13,16H,3-4,9-10H2,1-2H3;3-6,9,11,14H,2,7-8,10H2,1H3;1H4;1H/b19-13-;;;/i;;;1+1. The summed E-state index contributed by atoms with van der Waals surface area (Å²) in [7, 11) is 0. The van der Waals surface area contributed by atoms with Gasteiger partial charge in [-0.2, -0.15) is 8.78 Å². The van der Waals surface area contributed by atoms with Gasteiger partial charge in [0.15, 0.2) is 5.78 Å². The zero-order valence-electron chi connectivity index (χ0n) is 30.1. The molecule has 0 spiro atoms. The molecule has 0 aliphatic heterocycles. The van der Waals surface area contributed by atoms with Crippen LogP contribution in [0.1, 0.15) is 79.0 Å². The maximum absolute atomic E-state index is 14.3. The number of esters is 2. The minimum Gasteiger partial charge on any atom is -0.500 e. The van der Waals surface area contributed by atoms with Crippen molar-refractivity contribution in [2.45, 2.75) is 72.5 Å². The van der Waals surface area contributed by atoms with Crippen molar-refractivity contribution in [1.29, 1.82) is 0 Å². The Kier molecular flexibility index (Phi) is 15.1. The monoisotopic (exact) mass is 761 g/mol. The van der Waals surface area contributed by atoms with E-state index in [1.165, 1.54) is 46.8 Å². The highest BCUT2D eigenvalue weighted by Gasteiger charge is 2.28. The molecule has 0 saturated carbocycles. The molecule has 11 nitrogen and oxygen atoms in total. The Balaban J connectivity index is 0.000000293. The van der Waals surface area contributed by atoms with Crippen molar-refractivity contribution in [3.8, 4) is 11.5 Å². The molecule has 6 rings (SSSR count). The van der Waals surface area contributed by atoms with Crippen LogP contribution in [0.5, 0.6) is 11.5 Å². The minimum atomic E-state index is -0.997. The highest BCUT2D eigenvalue weighted by atomic mass is 19.1. The lowest BCUT2D eigenvalue weighted by Crippen LogP contribution is -2.20. The summed E-state index contributed by atoms with van der Waals surface area (Å²) in [4.78, 5) is 55.6. The fourth-order valence-corrected chi connectivity index (χ4v) is 6.08. The first kappa shape index (κ1) is 41.8. The molecular weight excluding hydrogens is 714 g/mol. The smallest absolute Gasteiger partial charge is 0.345 e. The van der Waals surface area contributed by atoms with Crippen molar-refractivity contribution < 1.29 is 53.1 Å². The fourth-order valence-electron chi connectivity index (χ4n) is 6.08. The number of halogens is 2. The molecule has 0 fully saturated rings. The second-order valence-corrected chi connectivity index (χ2v) is 12.3. The van der Waals surface area contributed by atoms with Crippen molar-refractivity contribution in [2.24, 2.45) is 0 Å². The van der Waals surface area contributed by atoms with Gasteiger partial charge in [0.05, 0.1) is 43.3 Å². The largest absolute Gasteiger partial charge is 0.500 e. The summed E-state index contributed by atoms with van der Waals surface area (Å²) in [6.07, 6.45) is 5.66. The van der Waals surface area contributed by atoms with Gasteiger partial charge in [-0.3, -0.25) is 14.4 Å². The Morgan fingerprint density at radius 2 is 1.16 bits per heavy atom. The molecule has 0 unspecified atom stereocenters. The van der Waals surface area contributed by atoms with Crippen LogP contribution < -0.4 is 9.47 Å². The van der Waals surface area contributed by atoms with E-state index >= 15 is 0 Å². The van der Waals surface area contributed by atoms with Crippen LogP contribution in [0.15, 0.2) is 84.9 Å². The quantitative estimate of drug-likeness (QED) is 0.0245. The van der Waals surface area contributed by atoms with Gasteiger partial charge in [0.2, 0.25) is 17.7 Å². The van der Waals surface area contributed by atoms with Crippen molar-refractivity contribution in [3.05, 3.63) is 130 Å². The summed E-state index contributed by atoms with van der Waals surface area (Å²) >= 11 is 0. The summed E-state index contributed by atoms with van der Waals surface area (Å²) in [6, 6.07) is 18.6. The summed E-state index contributed by atoms with van der Waals surface area (Å²) in [6.45, 7) is 5.41. The van der Waals surface area contributed by atoms with Crippen LogP contribution in [0.2, 0.25) is 0 Å². The van der Waals surface area contributed by atoms with Gasteiger partial charge in [-0.05, 0) is 55.2 Å². The van der Waals surface area contributed by atoms with E-state index in [0.29, 0.717) is 5.75 Å². The van der Waals surface area contributed by atoms with Gasteiger partial charge in [0.1, 0.15) is 42.0 Å². The second kappa shape index (κ2) is 19.9. The van der Waals surface area contributed by atoms with Crippen LogP contribution in [0.3, 0.4) is 0 Å². The number of hydrogen-bond acceptors (Lipinski definition) is 11. The first-order valence-electron chi connectivity index (χ1n) is 17.6. The molecule has 2 aliphatic rings. The molecule has 2 aliphatic carbocycles. The van der Waals surface area contributed by atoms with Gasteiger partial charge in [-0.25, -0.2) is 14.8 Å². The van der Waals surface area contributed by atoms with Crippen LogP contribution >= 0.6 is 0 Å². The molecule has 2 aromatic heterocycles. The Morgan fingerprint density at radius 1 is 0.709 bits per heavy atom. The Hall–Kier alpha value is -5.98. The first-order valence-corrected chi connectivity index (χ1v) is 17.6. The number of hydrogen-bond donors (Lipinski definition) is 0. The normalized spacial score (nSPS) is 13.3.